The van der Waals surface area contributed by atoms with E-state index in [1.54, 1.807) is 31.0 Å². The van der Waals surface area contributed by atoms with Crippen LogP contribution in [0, 0.1) is 6.92 Å². The lowest BCUT2D eigenvalue weighted by molar-refractivity contribution is 0.0733. The van der Waals surface area contributed by atoms with E-state index in [1.165, 1.54) is 22.2 Å². The minimum atomic E-state index is -0.193. The number of benzene rings is 1. The molecule has 4 rings (SSSR count). The zero-order valence-electron chi connectivity index (χ0n) is 17.3. The summed E-state index contributed by atoms with van der Waals surface area (Å²) >= 11 is 7.43. The van der Waals surface area contributed by atoms with Crippen LogP contribution in [-0.2, 0) is 13.6 Å². The van der Waals surface area contributed by atoms with Crippen molar-refractivity contribution in [2.75, 3.05) is 6.54 Å². The predicted octanol–water partition coefficient (Wildman–Crippen LogP) is 4.06. The SMILES string of the molecule is CCCN(Cc1nnc(-c2ccccc2Cl)o1)C(=O)c1sc2ncn(C)c(=O)c2c1C. The number of fused-ring (bicyclic) bond motifs is 1. The lowest BCUT2D eigenvalue weighted by Crippen LogP contribution is -2.31. The maximum Gasteiger partial charge on any atom is 0.264 e. The molecular formula is C21H20ClN5O3S. The van der Waals surface area contributed by atoms with E-state index in [1.807, 2.05) is 19.1 Å². The first-order valence-electron chi connectivity index (χ1n) is 9.72. The van der Waals surface area contributed by atoms with Crippen LogP contribution in [0.3, 0.4) is 0 Å². The molecular weight excluding hydrogens is 438 g/mol. The van der Waals surface area contributed by atoms with Gasteiger partial charge in [0.1, 0.15) is 4.83 Å². The number of carbonyl (C=O) groups excluding carboxylic acids is 1. The molecule has 0 radical (unpaired) electrons. The molecule has 0 aliphatic carbocycles. The van der Waals surface area contributed by atoms with Crippen LogP contribution in [0.5, 0.6) is 0 Å². The third-order valence-corrected chi connectivity index (χ3v) is 6.40. The molecule has 0 saturated carbocycles. The van der Waals surface area contributed by atoms with Crippen LogP contribution < -0.4 is 5.56 Å². The average Bonchev–Trinajstić information content (AvgIpc) is 3.35. The molecule has 160 valence electrons. The molecule has 10 heteroatoms. The van der Waals surface area contributed by atoms with Crippen molar-refractivity contribution in [3.8, 4) is 11.5 Å². The first-order chi connectivity index (χ1) is 14.9. The van der Waals surface area contributed by atoms with Gasteiger partial charge in [0.05, 0.1) is 33.7 Å². The van der Waals surface area contributed by atoms with Gasteiger partial charge in [-0.3, -0.25) is 9.59 Å². The molecule has 0 spiro atoms. The Labute approximate surface area is 187 Å². The summed E-state index contributed by atoms with van der Waals surface area (Å²) in [6, 6.07) is 7.19. The summed E-state index contributed by atoms with van der Waals surface area (Å²) in [5.74, 6) is 0.418. The lowest BCUT2D eigenvalue weighted by Gasteiger charge is -2.19. The molecule has 0 fully saturated rings. The van der Waals surface area contributed by atoms with Crippen molar-refractivity contribution in [3.05, 3.63) is 62.3 Å². The van der Waals surface area contributed by atoms with E-state index in [0.29, 0.717) is 49.6 Å². The maximum atomic E-state index is 13.3. The minimum absolute atomic E-state index is 0.156. The fourth-order valence-electron chi connectivity index (χ4n) is 3.30. The number of hydrogen-bond donors (Lipinski definition) is 0. The first kappa shape index (κ1) is 21.2. The van der Waals surface area contributed by atoms with E-state index in [9.17, 15) is 9.59 Å². The van der Waals surface area contributed by atoms with Crippen LogP contribution in [0.2, 0.25) is 5.02 Å². The molecule has 31 heavy (non-hydrogen) atoms. The van der Waals surface area contributed by atoms with E-state index in [-0.39, 0.29) is 18.0 Å². The van der Waals surface area contributed by atoms with Gasteiger partial charge in [-0.15, -0.1) is 21.5 Å². The second-order valence-corrected chi connectivity index (χ2v) is 8.51. The van der Waals surface area contributed by atoms with Crippen LogP contribution in [0.1, 0.15) is 34.5 Å². The summed E-state index contributed by atoms with van der Waals surface area (Å²) in [7, 11) is 1.64. The van der Waals surface area contributed by atoms with Crippen molar-refractivity contribution in [2.24, 2.45) is 7.05 Å². The summed E-state index contributed by atoms with van der Waals surface area (Å²) in [6.07, 6.45) is 2.22. The largest absolute Gasteiger partial charge is 0.419 e. The van der Waals surface area contributed by atoms with Gasteiger partial charge in [0, 0.05) is 13.6 Å². The molecule has 0 atom stereocenters. The van der Waals surface area contributed by atoms with Crippen molar-refractivity contribution in [3.63, 3.8) is 0 Å². The van der Waals surface area contributed by atoms with Gasteiger partial charge in [0.15, 0.2) is 0 Å². The van der Waals surface area contributed by atoms with E-state index in [4.69, 9.17) is 16.0 Å². The van der Waals surface area contributed by atoms with Gasteiger partial charge in [-0.25, -0.2) is 4.98 Å². The Morgan fingerprint density at radius 1 is 1.29 bits per heavy atom. The highest BCUT2D eigenvalue weighted by Crippen LogP contribution is 2.29. The molecule has 3 aromatic heterocycles. The number of carbonyl (C=O) groups is 1. The van der Waals surface area contributed by atoms with Crippen LogP contribution in [0.25, 0.3) is 21.7 Å². The van der Waals surface area contributed by atoms with Crippen LogP contribution >= 0.6 is 22.9 Å². The first-order valence-corrected chi connectivity index (χ1v) is 10.9. The van der Waals surface area contributed by atoms with Crippen molar-refractivity contribution < 1.29 is 9.21 Å². The highest BCUT2D eigenvalue weighted by molar-refractivity contribution is 7.20. The Balaban J connectivity index is 1.64. The zero-order valence-corrected chi connectivity index (χ0v) is 18.8. The molecule has 4 aromatic rings. The normalized spacial score (nSPS) is 11.2. The molecule has 1 amide bonds. The number of nitrogens with zero attached hydrogens (tertiary/aromatic N) is 5. The topological polar surface area (TPSA) is 94.1 Å². The van der Waals surface area contributed by atoms with Gasteiger partial charge in [0.2, 0.25) is 11.8 Å². The third kappa shape index (κ3) is 3.98. The third-order valence-electron chi connectivity index (χ3n) is 4.88. The molecule has 0 saturated heterocycles. The standard InChI is InChI=1S/C21H20ClN5O3S/c1-4-9-27(10-15-24-25-18(30-15)13-7-5-6-8-14(13)22)21(29)17-12(2)16-19(31-17)23-11-26(3)20(16)28/h5-8,11H,4,9-10H2,1-3H3. The smallest absolute Gasteiger partial charge is 0.264 e. The molecule has 0 unspecified atom stereocenters. The average molecular weight is 458 g/mol. The van der Waals surface area contributed by atoms with Crippen molar-refractivity contribution in [1.29, 1.82) is 0 Å². The Morgan fingerprint density at radius 2 is 2.06 bits per heavy atom. The summed E-state index contributed by atoms with van der Waals surface area (Å²) < 4.78 is 7.19. The van der Waals surface area contributed by atoms with Crippen LogP contribution in [0.4, 0.5) is 0 Å². The number of aromatic nitrogens is 4. The lowest BCUT2D eigenvalue weighted by atomic mass is 10.2. The summed E-state index contributed by atoms with van der Waals surface area (Å²) in [5, 5.41) is 9.16. The predicted molar refractivity (Wildman–Crippen MR) is 119 cm³/mol. The van der Waals surface area contributed by atoms with Crippen molar-refractivity contribution >= 4 is 39.1 Å². The molecule has 0 aliphatic heterocycles. The fraction of sp³-hybridized carbons (Fsp3) is 0.286. The maximum absolute atomic E-state index is 13.3. The number of amides is 1. The van der Waals surface area contributed by atoms with Crippen LogP contribution in [0.15, 0.2) is 39.8 Å². The van der Waals surface area contributed by atoms with E-state index < -0.39 is 0 Å². The molecule has 0 bridgehead atoms. The minimum Gasteiger partial charge on any atom is -0.419 e. The summed E-state index contributed by atoms with van der Waals surface area (Å²) in [5.41, 5.74) is 1.11. The number of hydrogen-bond acceptors (Lipinski definition) is 7. The Morgan fingerprint density at radius 3 is 2.81 bits per heavy atom. The fourth-order valence-corrected chi connectivity index (χ4v) is 4.63. The summed E-state index contributed by atoms with van der Waals surface area (Å²) in [4.78, 5) is 32.8. The van der Waals surface area contributed by atoms with E-state index >= 15 is 0 Å². The van der Waals surface area contributed by atoms with Gasteiger partial charge in [-0.05, 0) is 31.0 Å². The Hall–Kier alpha value is -3.04. The van der Waals surface area contributed by atoms with Gasteiger partial charge >= 0.3 is 0 Å². The second kappa shape index (κ2) is 8.60. The molecule has 0 N–H and O–H groups in total. The van der Waals surface area contributed by atoms with E-state index in [2.05, 4.69) is 15.2 Å². The van der Waals surface area contributed by atoms with Crippen molar-refractivity contribution in [1.82, 2.24) is 24.6 Å². The number of rotatable bonds is 6. The monoisotopic (exact) mass is 457 g/mol. The second-order valence-electron chi connectivity index (χ2n) is 7.10. The Bertz CT molecular complexity index is 1330. The van der Waals surface area contributed by atoms with E-state index in [0.717, 1.165) is 6.42 Å². The van der Waals surface area contributed by atoms with Crippen LogP contribution in [-0.4, -0.2) is 37.1 Å². The number of aryl methyl sites for hydroxylation is 2. The van der Waals surface area contributed by atoms with Gasteiger partial charge in [0.25, 0.3) is 11.5 Å². The molecule has 8 nitrogen and oxygen atoms in total. The highest BCUT2D eigenvalue weighted by Gasteiger charge is 2.25. The number of thiophene rings is 1. The Kier molecular flexibility index (Phi) is 5.88. The summed E-state index contributed by atoms with van der Waals surface area (Å²) in [6.45, 7) is 4.42. The number of halogens is 1. The van der Waals surface area contributed by atoms with Gasteiger partial charge in [-0.1, -0.05) is 30.7 Å². The molecule has 0 aliphatic rings. The molecule has 1 aromatic carbocycles. The zero-order chi connectivity index (χ0) is 22.1. The quantitative estimate of drug-likeness (QED) is 0.433. The van der Waals surface area contributed by atoms with Gasteiger partial charge in [-0.2, -0.15) is 0 Å². The van der Waals surface area contributed by atoms with Gasteiger partial charge < -0.3 is 13.9 Å². The van der Waals surface area contributed by atoms with Crippen molar-refractivity contribution in [2.45, 2.75) is 26.8 Å². The highest BCUT2D eigenvalue weighted by atomic mass is 35.5. The molecule has 3 heterocycles.